The van der Waals surface area contributed by atoms with Gasteiger partial charge in [0.15, 0.2) is 5.82 Å². The van der Waals surface area contributed by atoms with E-state index in [0.717, 1.165) is 36.6 Å². The average Bonchev–Trinajstić information content (AvgIpc) is 3.22. The van der Waals surface area contributed by atoms with Crippen molar-refractivity contribution in [2.45, 2.75) is 6.42 Å². The van der Waals surface area contributed by atoms with E-state index in [9.17, 15) is 0 Å². The highest BCUT2D eigenvalue weighted by molar-refractivity contribution is 7.09. The third-order valence-electron chi connectivity index (χ3n) is 4.29. The van der Waals surface area contributed by atoms with Gasteiger partial charge in [-0.2, -0.15) is 14.6 Å². The van der Waals surface area contributed by atoms with Crippen LogP contribution in [-0.2, 0) is 0 Å². The second-order valence-corrected chi connectivity index (χ2v) is 7.57. The number of nitriles is 1. The number of benzene rings is 2. The minimum atomic E-state index is 0.505. The lowest BCUT2D eigenvalue weighted by molar-refractivity contribution is -0.856. The molecule has 0 unspecified atom stereocenters. The summed E-state index contributed by atoms with van der Waals surface area (Å²) in [6.07, 6.45) is 0.505. The largest absolute Gasteiger partial charge is 0.365 e. The molecule has 1 aromatic heterocycles. The Bertz CT molecular complexity index is 959. The monoisotopic (exact) mass is 406 g/mol. The first-order valence-corrected chi connectivity index (χ1v) is 10.2. The van der Waals surface area contributed by atoms with Crippen LogP contribution in [0.2, 0.25) is 0 Å². The number of quaternary nitrogens is 1. The molecular weight excluding hydrogens is 382 g/mol. The normalized spacial score (nSPS) is 11.1. The van der Waals surface area contributed by atoms with E-state index in [1.807, 2.05) is 54.6 Å². The molecule has 1 N–H and O–H groups in total. The molecule has 0 aliphatic carbocycles. The molecule has 8 heteroatoms. The maximum Gasteiger partial charge on any atom is 0.249 e. The van der Waals surface area contributed by atoms with Crippen molar-refractivity contribution in [1.29, 1.82) is 5.26 Å². The lowest BCUT2D eigenvalue weighted by Gasteiger charge is -2.24. The van der Waals surface area contributed by atoms with Gasteiger partial charge >= 0.3 is 0 Å². The van der Waals surface area contributed by atoms with Crippen LogP contribution in [0.3, 0.4) is 0 Å². The standard InChI is InChI=1S/C21H23N7S/c1-27(2)15-16-28(14-6-13-22)19-11-9-18(10-12-19)24-25-21-23-20(26-29-21)17-7-4-3-5-8-17/h3-5,7-12H,6,14-16H2,1-2H3/p+1. The van der Waals surface area contributed by atoms with Crippen LogP contribution in [-0.4, -0.2) is 43.1 Å². The molecular formula is C21H24N7S+. The summed E-state index contributed by atoms with van der Waals surface area (Å²) in [5, 5.41) is 17.9. The fraction of sp³-hybridized carbons (Fsp3) is 0.286. The number of hydrogen-bond acceptors (Lipinski definition) is 7. The second kappa shape index (κ2) is 10.4. The Labute approximate surface area is 175 Å². The smallest absolute Gasteiger partial charge is 0.249 e. The van der Waals surface area contributed by atoms with E-state index >= 15 is 0 Å². The van der Waals surface area contributed by atoms with E-state index < -0.39 is 0 Å². The maximum absolute atomic E-state index is 8.92. The first kappa shape index (κ1) is 20.6. The molecule has 29 heavy (non-hydrogen) atoms. The van der Waals surface area contributed by atoms with Crippen molar-refractivity contribution in [2.24, 2.45) is 10.2 Å². The number of likely N-dealkylation sites (N-methyl/N-ethyl adjacent to an activating group) is 1. The fourth-order valence-corrected chi connectivity index (χ4v) is 3.22. The summed E-state index contributed by atoms with van der Waals surface area (Å²) in [5.74, 6) is 0.663. The van der Waals surface area contributed by atoms with Crippen molar-refractivity contribution in [2.75, 3.05) is 38.6 Å². The summed E-state index contributed by atoms with van der Waals surface area (Å²) in [7, 11) is 4.26. The molecule has 0 atom stereocenters. The number of anilines is 1. The number of nitrogens with one attached hydrogen (secondary N) is 1. The molecule has 7 nitrogen and oxygen atoms in total. The van der Waals surface area contributed by atoms with Gasteiger partial charge in [0.2, 0.25) is 5.13 Å². The summed E-state index contributed by atoms with van der Waals surface area (Å²) >= 11 is 1.23. The van der Waals surface area contributed by atoms with Crippen LogP contribution in [0.1, 0.15) is 6.42 Å². The average molecular weight is 407 g/mol. The predicted octanol–water partition coefficient (Wildman–Crippen LogP) is 3.49. The van der Waals surface area contributed by atoms with Crippen molar-refractivity contribution in [3.05, 3.63) is 54.6 Å². The van der Waals surface area contributed by atoms with Gasteiger partial charge in [-0.3, -0.25) is 0 Å². The van der Waals surface area contributed by atoms with Crippen LogP contribution < -0.4 is 9.80 Å². The number of aromatic nitrogens is 2. The van der Waals surface area contributed by atoms with Gasteiger partial charge in [0, 0.05) is 29.3 Å². The summed E-state index contributed by atoms with van der Waals surface area (Å²) in [6.45, 7) is 2.63. The van der Waals surface area contributed by atoms with E-state index in [1.165, 1.54) is 16.4 Å². The highest BCUT2D eigenvalue weighted by atomic mass is 32.1. The minimum absolute atomic E-state index is 0.505. The van der Waals surface area contributed by atoms with Crippen molar-refractivity contribution in [1.82, 2.24) is 9.36 Å². The van der Waals surface area contributed by atoms with E-state index in [0.29, 0.717) is 17.4 Å². The summed E-state index contributed by atoms with van der Waals surface area (Å²) < 4.78 is 4.34. The van der Waals surface area contributed by atoms with Crippen LogP contribution in [0.25, 0.3) is 11.4 Å². The third kappa shape index (κ3) is 6.17. The Morgan fingerprint density at radius 2 is 1.79 bits per heavy atom. The van der Waals surface area contributed by atoms with Gasteiger partial charge in [-0.15, -0.1) is 10.2 Å². The van der Waals surface area contributed by atoms with Crippen LogP contribution in [0.4, 0.5) is 16.5 Å². The fourth-order valence-electron chi connectivity index (χ4n) is 2.70. The molecule has 0 fully saturated rings. The topological polar surface area (TPSA) is 82.0 Å². The SMILES string of the molecule is C[NH+](C)CCN(CCC#N)c1ccc(N=Nc2nc(-c3ccccc3)ns2)cc1. The molecule has 0 saturated carbocycles. The Morgan fingerprint density at radius 3 is 2.48 bits per heavy atom. The lowest BCUT2D eigenvalue weighted by Crippen LogP contribution is -3.06. The molecule has 148 valence electrons. The van der Waals surface area contributed by atoms with Gasteiger partial charge in [-0.1, -0.05) is 30.3 Å². The van der Waals surface area contributed by atoms with Crippen molar-refractivity contribution >= 4 is 28.0 Å². The quantitative estimate of drug-likeness (QED) is 0.552. The maximum atomic E-state index is 8.92. The molecule has 0 saturated heterocycles. The third-order valence-corrected chi connectivity index (χ3v) is 4.89. The Balaban J connectivity index is 1.66. The highest BCUT2D eigenvalue weighted by Gasteiger charge is 2.09. The Hall–Kier alpha value is -3.15. The molecule has 1 heterocycles. The Kier molecular flexibility index (Phi) is 7.39. The van der Waals surface area contributed by atoms with Gasteiger partial charge in [0.05, 0.1) is 45.4 Å². The van der Waals surface area contributed by atoms with Crippen LogP contribution in [0.5, 0.6) is 0 Å². The highest BCUT2D eigenvalue weighted by Crippen LogP contribution is 2.26. The van der Waals surface area contributed by atoms with Gasteiger partial charge < -0.3 is 9.80 Å². The van der Waals surface area contributed by atoms with E-state index in [2.05, 4.69) is 44.7 Å². The van der Waals surface area contributed by atoms with Crippen molar-refractivity contribution in [3.8, 4) is 17.5 Å². The van der Waals surface area contributed by atoms with Crippen molar-refractivity contribution < 1.29 is 4.90 Å². The molecule has 3 rings (SSSR count). The van der Waals surface area contributed by atoms with E-state index in [1.54, 1.807) is 0 Å². The molecule has 0 aliphatic heterocycles. The van der Waals surface area contributed by atoms with E-state index in [-0.39, 0.29) is 0 Å². The van der Waals surface area contributed by atoms with Crippen LogP contribution >= 0.6 is 11.5 Å². The molecule has 2 aromatic carbocycles. The zero-order valence-corrected chi connectivity index (χ0v) is 17.4. The van der Waals surface area contributed by atoms with Crippen LogP contribution in [0.15, 0.2) is 64.8 Å². The summed E-state index contributed by atoms with van der Waals surface area (Å²) in [4.78, 5) is 8.03. The van der Waals surface area contributed by atoms with Gasteiger partial charge in [0.1, 0.15) is 0 Å². The number of nitrogens with zero attached hydrogens (tertiary/aromatic N) is 6. The minimum Gasteiger partial charge on any atom is -0.365 e. The first-order valence-electron chi connectivity index (χ1n) is 9.47. The van der Waals surface area contributed by atoms with Gasteiger partial charge in [-0.25, -0.2) is 0 Å². The molecule has 0 amide bonds. The Morgan fingerprint density at radius 1 is 1.03 bits per heavy atom. The van der Waals surface area contributed by atoms with Gasteiger partial charge in [0.25, 0.3) is 0 Å². The molecule has 3 aromatic rings. The summed E-state index contributed by atoms with van der Waals surface area (Å²) in [6, 6.07) is 19.9. The van der Waals surface area contributed by atoms with Crippen molar-refractivity contribution in [3.63, 3.8) is 0 Å². The predicted molar refractivity (Wildman–Crippen MR) is 116 cm³/mol. The first-order chi connectivity index (χ1) is 14.2. The number of rotatable bonds is 9. The second-order valence-electron chi connectivity index (χ2n) is 6.84. The molecule has 0 bridgehead atoms. The zero-order valence-electron chi connectivity index (χ0n) is 16.6. The summed E-state index contributed by atoms with van der Waals surface area (Å²) in [5.41, 5.74) is 2.80. The molecule has 0 aliphatic rings. The number of hydrogen-bond donors (Lipinski definition) is 1. The van der Waals surface area contributed by atoms with Gasteiger partial charge in [-0.05, 0) is 24.3 Å². The molecule has 0 spiro atoms. The zero-order chi connectivity index (χ0) is 20.5. The van der Waals surface area contributed by atoms with E-state index in [4.69, 9.17) is 5.26 Å². The van der Waals surface area contributed by atoms with Crippen LogP contribution in [0, 0.1) is 11.3 Å². The lowest BCUT2D eigenvalue weighted by atomic mass is 10.2. The number of azo groups is 1. The molecule has 0 radical (unpaired) electrons.